The molecule has 1 saturated carbocycles. The average Bonchev–Trinajstić information content (AvgIpc) is 4.08. The van der Waals surface area contributed by atoms with Crippen LogP contribution < -0.4 is 0 Å². The first-order valence-electron chi connectivity index (χ1n) is 22.5. The van der Waals surface area contributed by atoms with Crippen molar-refractivity contribution in [1.82, 2.24) is 14.4 Å². The molecule has 0 unspecified atom stereocenters. The molecule has 3 aromatic heterocycles. The summed E-state index contributed by atoms with van der Waals surface area (Å²) in [5.41, 5.74) is 20.1. The fourth-order valence-corrected chi connectivity index (χ4v) is 11.1. The number of thiazole rings is 1. The van der Waals surface area contributed by atoms with Crippen LogP contribution in [0.5, 0.6) is 0 Å². The van der Waals surface area contributed by atoms with Gasteiger partial charge in [-0.3, -0.25) is 4.40 Å². The van der Waals surface area contributed by atoms with Crippen molar-refractivity contribution in [3.63, 3.8) is 0 Å². The summed E-state index contributed by atoms with van der Waals surface area (Å²) in [6.45, 7) is 0. The molecular weight excluding hydrogens is 783 g/mol. The molecule has 8 aromatic carbocycles. The summed E-state index contributed by atoms with van der Waals surface area (Å²) in [5, 5.41) is 0. The van der Waals surface area contributed by atoms with Gasteiger partial charge in [-0.1, -0.05) is 200 Å². The number of nitrogens with zero attached hydrogens (tertiary/aromatic N) is 3. The smallest absolute Gasteiger partial charge is 0.197 e. The maximum Gasteiger partial charge on any atom is 0.197 e. The lowest BCUT2D eigenvalue weighted by atomic mass is 9.74. The second-order valence-electron chi connectivity index (χ2n) is 16.5. The largest absolute Gasteiger partial charge is 0.281 e. The van der Waals surface area contributed by atoms with Gasteiger partial charge in [-0.05, 0) is 121 Å². The van der Waals surface area contributed by atoms with Gasteiger partial charge in [-0.15, -0.1) is 0 Å². The number of rotatable bonds is 8. The van der Waals surface area contributed by atoms with Crippen molar-refractivity contribution in [3.05, 3.63) is 212 Å². The summed E-state index contributed by atoms with van der Waals surface area (Å²) in [4.78, 5) is 12.0. The van der Waals surface area contributed by atoms with Crippen molar-refractivity contribution < 1.29 is 1.37 Å². The van der Waals surface area contributed by atoms with Crippen molar-refractivity contribution in [2.45, 2.75) is 31.6 Å². The summed E-state index contributed by atoms with van der Waals surface area (Å²) in [6, 6.07) is 72.4. The predicted molar refractivity (Wildman–Crippen MR) is 265 cm³/mol. The lowest BCUT2D eigenvalue weighted by molar-refractivity contribution is 0.726. The molecule has 11 aromatic rings. The van der Waals surface area contributed by atoms with Crippen molar-refractivity contribution in [2.24, 2.45) is 0 Å². The molecule has 300 valence electrons. The van der Waals surface area contributed by atoms with Crippen LogP contribution in [-0.4, -0.2) is 14.4 Å². The minimum absolute atomic E-state index is 0.705. The van der Waals surface area contributed by atoms with Crippen molar-refractivity contribution in [2.75, 3.05) is 0 Å². The van der Waals surface area contributed by atoms with Crippen LogP contribution in [0.2, 0.25) is 0 Å². The first-order chi connectivity index (χ1) is 31.6. The number of imidazole rings is 1. The van der Waals surface area contributed by atoms with E-state index in [4.69, 9.17) is 9.97 Å². The van der Waals surface area contributed by atoms with Crippen LogP contribution >= 0.6 is 11.3 Å². The average molecular weight is 827 g/mol. The van der Waals surface area contributed by atoms with Crippen LogP contribution in [0, 0.1) is 0 Å². The fraction of sp³-hybridized carbons (Fsp3) is 0.0847. The van der Waals surface area contributed by atoms with E-state index in [0.717, 1.165) is 108 Å². The van der Waals surface area contributed by atoms with E-state index in [2.05, 4.69) is 199 Å². The van der Waals surface area contributed by atoms with E-state index in [1.165, 1.54) is 27.8 Å². The Bertz CT molecular complexity index is 3380. The van der Waals surface area contributed by atoms with Gasteiger partial charge < -0.3 is 0 Å². The van der Waals surface area contributed by atoms with Gasteiger partial charge in [0, 0.05) is 13.1 Å². The van der Waals surface area contributed by atoms with E-state index >= 15 is 0 Å². The summed E-state index contributed by atoms with van der Waals surface area (Å²) in [6.07, 6.45) is 5.62. The monoisotopic (exact) mass is 826 g/mol. The first kappa shape index (κ1) is 36.3. The highest BCUT2D eigenvalue weighted by molar-refractivity contribution is 7.23. The summed E-state index contributed by atoms with van der Waals surface area (Å²) < 4.78 is 12.3. The Morgan fingerprint density at radius 3 is 1.33 bits per heavy atom. The van der Waals surface area contributed by atoms with Gasteiger partial charge in [0.15, 0.2) is 4.96 Å². The Hall–Kier alpha value is -7.40. The van der Waals surface area contributed by atoms with Gasteiger partial charge in [-0.2, -0.15) is 0 Å². The SMILES string of the molecule is [2H]C1(c2ccc3c(nc4sc5ncccc5n43)c2-c2cccc(-c3c(-c4ccccc4)c(-c4ccccc4)c(-c4ccccc4)c(-c4ccccc4)c3-c3ccccc3)c2)CCCC1. The number of aromatic nitrogens is 3. The fourth-order valence-electron chi connectivity index (χ4n) is 10.1. The van der Waals surface area contributed by atoms with Crippen LogP contribution in [0.4, 0.5) is 0 Å². The topological polar surface area (TPSA) is 30.2 Å². The molecular formula is C59H43N3S. The molecule has 0 N–H and O–H groups in total. The molecule has 3 nitrogen and oxygen atoms in total. The lowest BCUT2D eigenvalue weighted by Gasteiger charge is -2.29. The molecule has 1 aliphatic carbocycles. The number of pyridine rings is 1. The Morgan fingerprint density at radius 2 is 0.857 bits per heavy atom. The van der Waals surface area contributed by atoms with E-state index in [-0.39, 0.29) is 0 Å². The third kappa shape index (κ3) is 6.40. The number of hydrogen-bond acceptors (Lipinski definition) is 3. The number of hydrogen-bond donors (Lipinski definition) is 0. The zero-order valence-electron chi connectivity index (χ0n) is 35.7. The quantitative estimate of drug-likeness (QED) is 0.153. The highest BCUT2D eigenvalue weighted by Crippen LogP contribution is 2.56. The molecule has 0 aliphatic heterocycles. The summed E-state index contributed by atoms with van der Waals surface area (Å²) >= 11 is 1.62. The molecule has 0 spiro atoms. The molecule has 1 fully saturated rings. The lowest BCUT2D eigenvalue weighted by Crippen LogP contribution is -2.02. The summed E-state index contributed by atoms with van der Waals surface area (Å²) in [7, 11) is 0. The van der Waals surface area contributed by atoms with E-state index in [9.17, 15) is 1.37 Å². The molecule has 0 radical (unpaired) electrons. The van der Waals surface area contributed by atoms with Crippen molar-refractivity contribution in [3.8, 4) is 77.9 Å². The predicted octanol–water partition coefficient (Wildman–Crippen LogP) is 16.4. The Kier molecular flexibility index (Phi) is 9.10. The van der Waals surface area contributed by atoms with Crippen molar-refractivity contribution >= 4 is 37.7 Å². The minimum atomic E-state index is -0.705. The second-order valence-corrected chi connectivity index (χ2v) is 17.4. The third-order valence-corrected chi connectivity index (χ3v) is 13.8. The normalized spacial score (nSPS) is 13.8. The van der Waals surface area contributed by atoms with Crippen molar-refractivity contribution in [1.29, 1.82) is 0 Å². The van der Waals surface area contributed by atoms with Gasteiger partial charge in [0.1, 0.15) is 4.83 Å². The summed E-state index contributed by atoms with van der Waals surface area (Å²) in [5.74, 6) is -0.705. The van der Waals surface area contributed by atoms with Gasteiger partial charge in [0.05, 0.1) is 16.6 Å². The molecule has 1 aliphatic rings. The van der Waals surface area contributed by atoms with E-state index in [0.29, 0.717) is 0 Å². The highest BCUT2D eigenvalue weighted by Gasteiger charge is 2.30. The third-order valence-electron chi connectivity index (χ3n) is 12.8. The zero-order valence-corrected chi connectivity index (χ0v) is 35.5. The highest BCUT2D eigenvalue weighted by atomic mass is 32.1. The Labute approximate surface area is 373 Å². The second kappa shape index (κ2) is 15.8. The van der Waals surface area contributed by atoms with Crippen LogP contribution in [-0.2, 0) is 0 Å². The Morgan fingerprint density at radius 1 is 0.429 bits per heavy atom. The molecule has 4 heteroatoms. The van der Waals surface area contributed by atoms with Crippen LogP contribution in [0.25, 0.3) is 104 Å². The maximum atomic E-state index is 10.0. The van der Waals surface area contributed by atoms with Gasteiger partial charge in [-0.25, -0.2) is 9.97 Å². The first-order valence-corrected chi connectivity index (χ1v) is 22.8. The molecule has 0 atom stereocenters. The molecule has 0 amide bonds. The maximum absolute atomic E-state index is 10.0. The molecule has 0 bridgehead atoms. The van der Waals surface area contributed by atoms with Gasteiger partial charge >= 0.3 is 0 Å². The Balaban J connectivity index is 1.25. The number of benzene rings is 8. The number of fused-ring (bicyclic) bond motifs is 5. The van der Waals surface area contributed by atoms with E-state index in [1.54, 1.807) is 11.3 Å². The molecule has 12 rings (SSSR count). The minimum Gasteiger partial charge on any atom is -0.281 e. The molecule has 63 heavy (non-hydrogen) atoms. The molecule has 3 heterocycles. The van der Waals surface area contributed by atoms with Crippen LogP contribution in [0.3, 0.4) is 0 Å². The van der Waals surface area contributed by atoms with Crippen LogP contribution in [0.1, 0.15) is 38.5 Å². The van der Waals surface area contributed by atoms with E-state index in [1.807, 2.05) is 12.3 Å². The van der Waals surface area contributed by atoms with Gasteiger partial charge in [0.2, 0.25) is 0 Å². The molecule has 0 saturated heterocycles. The van der Waals surface area contributed by atoms with E-state index < -0.39 is 5.89 Å². The zero-order chi connectivity index (χ0) is 42.6. The van der Waals surface area contributed by atoms with Gasteiger partial charge in [0.25, 0.3) is 0 Å². The standard InChI is InChI=1S/C59H43N3S/c1-6-22-40(23-7-1)51-52(41-24-8-2-9-25-41)54(43-28-12-4-13-29-43)56(55(44-30-14-5-15-31-44)53(51)42-26-10-3-11-27-42)46-33-18-32-45(38-46)50-47(39-20-16-17-21-39)35-36-48-57(50)61-59-62(48)49-34-19-37-60-58(49)63-59/h1-15,18-19,22-39H,16-17,20-21H2/i39D. The van der Waals surface area contributed by atoms with Crippen LogP contribution in [0.15, 0.2) is 206 Å².